The van der Waals surface area contributed by atoms with Gasteiger partial charge in [0.05, 0.1) is 5.56 Å². The normalized spacial score (nSPS) is 15.0. The van der Waals surface area contributed by atoms with E-state index in [4.69, 9.17) is 14.6 Å². The van der Waals surface area contributed by atoms with E-state index in [2.05, 4.69) is 15.9 Å². The van der Waals surface area contributed by atoms with Gasteiger partial charge in [-0.1, -0.05) is 0 Å². The van der Waals surface area contributed by atoms with Crippen molar-refractivity contribution in [3.05, 3.63) is 21.7 Å². The van der Waals surface area contributed by atoms with Gasteiger partial charge < -0.3 is 19.7 Å². The molecule has 1 aliphatic heterocycles. The number of fused-ring (bicyclic) bond motifs is 1. The van der Waals surface area contributed by atoms with Crippen LogP contribution >= 0.6 is 15.9 Å². The highest BCUT2D eigenvalue weighted by atomic mass is 79.9. The van der Waals surface area contributed by atoms with Gasteiger partial charge >= 0.3 is 5.97 Å². The Hall–Kier alpha value is -1.60. The third-order valence-corrected chi connectivity index (χ3v) is 3.13. The second-order valence-corrected chi connectivity index (χ2v) is 4.43. The predicted molar refractivity (Wildman–Crippen MR) is 63.1 cm³/mol. The molecular weight excluding hydrogens is 308 g/mol. The molecule has 1 aromatic rings. The van der Waals surface area contributed by atoms with Crippen LogP contribution in [0.2, 0.25) is 0 Å². The highest BCUT2D eigenvalue weighted by Crippen LogP contribution is 2.43. The summed E-state index contributed by atoms with van der Waals surface area (Å²) in [5, 5.41) is 18.4. The van der Waals surface area contributed by atoms with E-state index in [1.165, 1.54) is 6.07 Å². The van der Waals surface area contributed by atoms with Crippen LogP contribution in [0, 0.1) is 0 Å². The van der Waals surface area contributed by atoms with E-state index >= 15 is 0 Å². The molecule has 7 heteroatoms. The number of aliphatic carboxylic acids is 1. The predicted octanol–water partition coefficient (Wildman–Crippen LogP) is 1.15. The van der Waals surface area contributed by atoms with Crippen molar-refractivity contribution in [2.45, 2.75) is 6.10 Å². The summed E-state index contributed by atoms with van der Waals surface area (Å²) < 4.78 is 10.9. The molecule has 96 valence electrons. The quantitative estimate of drug-likeness (QED) is 0.813. The van der Waals surface area contributed by atoms with Gasteiger partial charge in [0.15, 0.2) is 23.9 Å². The fourth-order valence-electron chi connectivity index (χ4n) is 1.67. The minimum absolute atomic E-state index is 0.0506. The first kappa shape index (κ1) is 12.8. The number of ether oxygens (including phenoxy) is 2. The number of hydrogen-bond acceptors (Lipinski definition) is 5. The minimum Gasteiger partial charge on any atom is -0.486 e. The molecule has 1 atom stereocenters. The van der Waals surface area contributed by atoms with Crippen LogP contribution in [0.1, 0.15) is 22.0 Å². The summed E-state index contributed by atoms with van der Waals surface area (Å²) in [6.07, 6.45) is -1.16. The van der Waals surface area contributed by atoms with Gasteiger partial charge in [-0.3, -0.25) is 4.79 Å². The van der Waals surface area contributed by atoms with Gasteiger partial charge in [0.2, 0.25) is 0 Å². The lowest BCUT2D eigenvalue weighted by Crippen LogP contribution is -2.20. The molecule has 0 aliphatic carbocycles. The number of benzene rings is 1. The average Bonchev–Trinajstić information content (AvgIpc) is 2.37. The summed E-state index contributed by atoms with van der Waals surface area (Å²) >= 11 is 3.13. The topological polar surface area (TPSA) is 93.1 Å². The second-order valence-electron chi connectivity index (χ2n) is 3.58. The van der Waals surface area contributed by atoms with E-state index in [0.29, 0.717) is 10.8 Å². The number of aliphatic hydroxyl groups is 1. The first-order valence-corrected chi connectivity index (χ1v) is 5.83. The number of carbonyl (C=O) groups excluding carboxylic acids is 1. The zero-order valence-electron chi connectivity index (χ0n) is 9.05. The van der Waals surface area contributed by atoms with E-state index in [-0.39, 0.29) is 35.8 Å². The van der Waals surface area contributed by atoms with Crippen LogP contribution < -0.4 is 9.47 Å². The number of carbonyl (C=O) groups is 2. The largest absolute Gasteiger partial charge is 0.486 e. The number of rotatable bonds is 3. The van der Waals surface area contributed by atoms with E-state index < -0.39 is 12.1 Å². The fourth-order valence-corrected chi connectivity index (χ4v) is 2.19. The van der Waals surface area contributed by atoms with E-state index in [1.54, 1.807) is 0 Å². The zero-order valence-corrected chi connectivity index (χ0v) is 10.6. The number of carboxylic acids is 1. The molecule has 0 aromatic heterocycles. The maximum atomic E-state index is 11.0. The molecule has 0 fully saturated rings. The number of halogens is 1. The second kappa shape index (κ2) is 4.95. The molecule has 2 rings (SSSR count). The van der Waals surface area contributed by atoms with Crippen molar-refractivity contribution >= 4 is 28.2 Å². The number of aldehydes is 1. The van der Waals surface area contributed by atoms with Gasteiger partial charge in [0.1, 0.15) is 13.2 Å². The van der Waals surface area contributed by atoms with Crippen LogP contribution in [0.4, 0.5) is 0 Å². The van der Waals surface area contributed by atoms with Crippen LogP contribution in [-0.4, -0.2) is 35.7 Å². The van der Waals surface area contributed by atoms with Crippen molar-refractivity contribution in [1.29, 1.82) is 0 Å². The van der Waals surface area contributed by atoms with Crippen LogP contribution in [0.15, 0.2) is 10.5 Å². The first-order chi connectivity index (χ1) is 8.56. The standard InChI is InChI=1S/C11H9BrO6/c12-7-3-5(8(14)11(15)16)9-10(6(7)4-13)18-2-1-17-9/h3-4,8,14H,1-2H2,(H,15,16). The molecule has 18 heavy (non-hydrogen) atoms. The molecule has 1 heterocycles. The zero-order chi connectivity index (χ0) is 13.3. The smallest absolute Gasteiger partial charge is 0.337 e. The van der Waals surface area contributed by atoms with Crippen molar-refractivity contribution in [3.63, 3.8) is 0 Å². The summed E-state index contributed by atoms with van der Waals surface area (Å²) in [5.41, 5.74) is 0.278. The summed E-state index contributed by atoms with van der Waals surface area (Å²) in [5.74, 6) is -1.15. The third kappa shape index (κ3) is 2.06. The Balaban J connectivity index is 2.64. The Morgan fingerprint density at radius 2 is 2.00 bits per heavy atom. The summed E-state index contributed by atoms with van der Waals surface area (Å²) in [6, 6.07) is 1.34. The van der Waals surface area contributed by atoms with E-state index in [0.717, 1.165) is 0 Å². The molecule has 0 bridgehead atoms. The van der Waals surface area contributed by atoms with Gasteiger partial charge in [0, 0.05) is 10.0 Å². The van der Waals surface area contributed by atoms with Crippen LogP contribution in [0.5, 0.6) is 11.5 Å². The van der Waals surface area contributed by atoms with Crippen molar-refractivity contribution in [2.24, 2.45) is 0 Å². The van der Waals surface area contributed by atoms with Gasteiger partial charge in [-0.15, -0.1) is 0 Å². The summed E-state index contributed by atoms with van der Waals surface area (Å²) in [6.45, 7) is 0.485. The molecule has 6 nitrogen and oxygen atoms in total. The number of carboxylic acid groups (broad SMARTS) is 1. The number of hydrogen-bond donors (Lipinski definition) is 2. The molecule has 0 spiro atoms. The van der Waals surface area contributed by atoms with Crippen molar-refractivity contribution in [1.82, 2.24) is 0 Å². The highest BCUT2D eigenvalue weighted by molar-refractivity contribution is 9.10. The van der Waals surface area contributed by atoms with Crippen molar-refractivity contribution in [3.8, 4) is 11.5 Å². The number of aliphatic hydroxyl groups excluding tert-OH is 1. The lowest BCUT2D eigenvalue weighted by Gasteiger charge is -2.24. The molecule has 0 amide bonds. The molecular formula is C11H9BrO6. The van der Waals surface area contributed by atoms with E-state index in [1.807, 2.05) is 0 Å². The van der Waals surface area contributed by atoms with Gasteiger partial charge in [-0.2, -0.15) is 0 Å². The Morgan fingerprint density at radius 1 is 1.39 bits per heavy atom. The Bertz CT molecular complexity index is 513. The molecule has 1 unspecified atom stereocenters. The maximum absolute atomic E-state index is 11.0. The Kier molecular flexibility index (Phi) is 3.53. The van der Waals surface area contributed by atoms with Crippen LogP contribution in [0.25, 0.3) is 0 Å². The lowest BCUT2D eigenvalue weighted by molar-refractivity contribution is -0.147. The molecule has 2 N–H and O–H groups in total. The van der Waals surface area contributed by atoms with Gasteiger partial charge in [-0.05, 0) is 22.0 Å². The Labute approximate surface area is 110 Å². The molecule has 1 aromatic carbocycles. The summed E-state index contributed by atoms with van der Waals surface area (Å²) in [4.78, 5) is 21.8. The van der Waals surface area contributed by atoms with Gasteiger partial charge in [-0.25, -0.2) is 4.79 Å². The average molecular weight is 317 g/mol. The molecule has 0 saturated carbocycles. The van der Waals surface area contributed by atoms with Gasteiger partial charge in [0.25, 0.3) is 0 Å². The van der Waals surface area contributed by atoms with Crippen molar-refractivity contribution < 1.29 is 29.3 Å². The highest BCUT2D eigenvalue weighted by Gasteiger charge is 2.29. The lowest BCUT2D eigenvalue weighted by atomic mass is 10.0. The van der Waals surface area contributed by atoms with Crippen LogP contribution in [0.3, 0.4) is 0 Å². The third-order valence-electron chi connectivity index (χ3n) is 2.48. The SMILES string of the molecule is O=Cc1c(Br)cc(C(O)C(=O)O)c2c1OCCO2. The minimum atomic E-state index is -1.74. The Morgan fingerprint density at radius 3 is 2.56 bits per heavy atom. The van der Waals surface area contributed by atoms with Crippen molar-refractivity contribution in [2.75, 3.05) is 13.2 Å². The summed E-state index contributed by atoms with van der Waals surface area (Å²) in [7, 11) is 0. The van der Waals surface area contributed by atoms with E-state index in [9.17, 15) is 14.7 Å². The monoisotopic (exact) mass is 316 g/mol. The molecule has 1 aliphatic rings. The molecule has 0 radical (unpaired) electrons. The molecule has 0 saturated heterocycles. The maximum Gasteiger partial charge on any atom is 0.337 e. The van der Waals surface area contributed by atoms with Crippen LogP contribution in [-0.2, 0) is 4.79 Å². The fraction of sp³-hybridized carbons (Fsp3) is 0.273. The first-order valence-electron chi connectivity index (χ1n) is 5.04.